The fourth-order valence-electron chi connectivity index (χ4n) is 2.38. The predicted octanol–water partition coefficient (Wildman–Crippen LogP) is 4.03. The van der Waals surface area contributed by atoms with Crippen molar-refractivity contribution >= 4 is 52.4 Å². The highest BCUT2D eigenvalue weighted by Gasteiger charge is 2.34. The van der Waals surface area contributed by atoms with Crippen LogP contribution in [0.3, 0.4) is 0 Å². The third kappa shape index (κ3) is 6.06. The summed E-state index contributed by atoms with van der Waals surface area (Å²) in [4.78, 5) is 24.2. The fraction of sp³-hybridized carbons (Fsp3) is 0.263. The van der Waals surface area contributed by atoms with E-state index in [4.69, 9.17) is 44.3 Å². The minimum Gasteiger partial charge on any atom is -0.493 e. The number of hydrogen-bond acceptors (Lipinski definition) is 6. The minimum atomic E-state index is -1.87. The van der Waals surface area contributed by atoms with Crippen molar-refractivity contribution in [2.75, 3.05) is 26.6 Å². The molecule has 0 aliphatic rings. The Bertz CT molecular complexity index is 869. The van der Waals surface area contributed by atoms with Crippen molar-refractivity contribution in [3.63, 3.8) is 0 Å². The first-order valence-electron chi connectivity index (χ1n) is 8.24. The Hall–Kier alpha value is -2.35. The van der Waals surface area contributed by atoms with Crippen LogP contribution < -0.4 is 20.1 Å². The van der Waals surface area contributed by atoms with E-state index in [1.165, 1.54) is 27.4 Å². The van der Waals surface area contributed by atoms with Crippen molar-refractivity contribution in [3.05, 3.63) is 53.6 Å². The molecule has 10 heteroatoms. The first-order valence-corrected chi connectivity index (χ1v) is 9.37. The molecule has 2 rings (SSSR count). The van der Waals surface area contributed by atoms with Crippen molar-refractivity contribution in [1.29, 1.82) is 0 Å². The normalized spacial score (nSPS) is 11.9. The van der Waals surface area contributed by atoms with E-state index in [1.807, 2.05) is 0 Å². The first-order chi connectivity index (χ1) is 13.7. The average molecular weight is 462 g/mol. The quantitative estimate of drug-likeness (QED) is 0.368. The summed E-state index contributed by atoms with van der Waals surface area (Å²) in [6.45, 7) is 0. The van der Waals surface area contributed by atoms with Crippen molar-refractivity contribution in [2.45, 2.75) is 9.96 Å². The van der Waals surface area contributed by atoms with Crippen LogP contribution in [0, 0.1) is 0 Å². The van der Waals surface area contributed by atoms with E-state index >= 15 is 0 Å². The number of anilines is 1. The van der Waals surface area contributed by atoms with Crippen LogP contribution in [0.5, 0.6) is 11.5 Å². The van der Waals surface area contributed by atoms with Gasteiger partial charge in [-0.25, -0.2) is 4.79 Å². The molecule has 0 saturated carbocycles. The molecule has 1 amide bonds. The number of hydrogen-bond donors (Lipinski definition) is 2. The van der Waals surface area contributed by atoms with Crippen molar-refractivity contribution in [3.8, 4) is 11.5 Å². The summed E-state index contributed by atoms with van der Waals surface area (Å²) < 4.78 is 13.1. The third-order valence-corrected chi connectivity index (χ3v) is 4.52. The van der Waals surface area contributed by atoms with Gasteiger partial charge in [-0.05, 0) is 42.5 Å². The Morgan fingerprint density at radius 1 is 0.897 bits per heavy atom. The van der Waals surface area contributed by atoms with Gasteiger partial charge in [-0.15, -0.1) is 0 Å². The minimum absolute atomic E-state index is 0.282. The van der Waals surface area contributed by atoms with Crippen molar-refractivity contribution in [2.24, 2.45) is 0 Å². The molecule has 1 unspecified atom stereocenters. The summed E-state index contributed by atoms with van der Waals surface area (Å²) in [6.07, 6.45) is -1.07. The summed E-state index contributed by atoms with van der Waals surface area (Å²) in [7, 11) is 4.24. The summed E-state index contributed by atoms with van der Waals surface area (Å²) in [5.74, 6) is -0.111. The molecule has 2 aromatic carbocycles. The van der Waals surface area contributed by atoms with Gasteiger partial charge in [0.25, 0.3) is 5.91 Å². The summed E-state index contributed by atoms with van der Waals surface area (Å²) >= 11 is 18.1. The highest BCUT2D eigenvalue weighted by molar-refractivity contribution is 6.68. The number of benzene rings is 2. The molecule has 0 spiro atoms. The Labute approximate surface area is 183 Å². The molecule has 0 radical (unpaired) electrons. The van der Waals surface area contributed by atoms with Crippen LogP contribution in [0.4, 0.5) is 5.69 Å². The molecule has 0 heterocycles. The van der Waals surface area contributed by atoms with Gasteiger partial charge in [0.15, 0.2) is 11.5 Å². The molecule has 0 aromatic heterocycles. The van der Waals surface area contributed by atoms with Crippen LogP contribution in [0.25, 0.3) is 0 Å². The van der Waals surface area contributed by atoms with E-state index < -0.39 is 21.8 Å². The summed E-state index contributed by atoms with van der Waals surface area (Å²) in [6, 6.07) is 10.9. The molecular weight excluding hydrogens is 443 g/mol. The number of carbonyl (C=O) groups is 2. The number of amides is 1. The first kappa shape index (κ1) is 22.9. The number of esters is 1. The van der Waals surface area contributed by atoms with Gasteiger partial charge in [0.05, 0.1) is 26.9 Å². The van der Waals surface area contributed by atoms with E-state index in [2.05, 4.69) is 15.4 Å². The van der Waals surface area contributed by atoms with E-state index in [0.717, 1.165) is 0 Å². The van der Waals surface area contributed by atoms with Gasteiger partial charge in [-0.2, -0.15) is 0 Å². The molecule has 156 valence electrons. The molecular formula is C19H19Cl3N2O5. The zero-order valence-electron chi connectivity index (χ0n) is 15.8. The number of ether oxygens (including phenoxy) is 3. The fourth-order valence-corrected chi connectivity index (χ4v) is 2.71. The molecule has 2 aromatic rings. The summed E-state index contributed by atoms with van der Waals surface area (Å²) in [5.41, 5.74) is 1.16. The maximum atomic E-state index is 12.7. The van der Waals surface area contributed by atoms with Crippen LogP contribution >= 0.6 is 34.8 Å². The van der Waals surface area contributed by atoms with Gasteiger partial charge in [0.2, 0.25) is 3.79 Å². The van der Waals surface area contributed by atoms with E-state index in [0.29, 0.717) is 22.7 Å². The lowest BCUT2D eigenvalue weighted by molar-refractivity contribution is 0.0600. The van der Waals surface area contributed by atoms with E-state index in [1.54, 1.807) is 36.4 Å². The number of carbonyl (C=O) groups excluding carboxylic acids is 2. The van der Waals surface area contributed by atoms with Crippen molar-refractivity contribution in [1.82, 2.24) is 5.32 Å². The largest absolute Gasteiger partial charge is 0.493 e. The van der Waals surface area contributed by atoms with Gasteiger partial charge >= 0.3 is 5.97 Å². The van der Waals surface area contributed by atoms with Crippen LogP contribution in [0.15, 0.2) is 42.5 Å². The highest BCUT2D eigenvalue weighted by Crippen LogP contribution is 2.32. The smallest absolute Gasteiger partial charge is 0.337 e. The maximum Gasteiger partial charge on any atom is 0.337 e. The van der Waals surface area contributed by atoms with E-state index in [9.17, 15) is 9.59 Å². The van der Waals surface area contributed by atoms with Crippen LogP contribution in [0.1, 0.15) is 20.7 Å². The lowest BCUT2D eigenvalue weighted by atomic mass is 10.2. The second-order valence-electron chi connectivity index (χ2n) is 5.73. The molecule has 7 nitrogen and oxygen atoms in total. The number of alkyl halides is 3. The number of halogens is 3. The average Bonchev–Trinajstić information content (AvgIpc) is 2.71. The third-order valence-electron chi connectivity index (χ3n) is 3.87. The Kier molecular flexibility index (Phi) is 7.84. The predicted molar refractivity (Wildman–Crippen MR) is 112 cm³/mol. The van der Waals surface area contributed by atoms with E-state index in [-0.39, 0.29) is 5.56 Å². The zero-order chi connectivity index (χ0) is 21.6. The summed E-state index contributed by atoms with van der Waals surface area (Å²) in [5, 5.41) is 5.54. The second-order valence-corrected chi connectivity index (χ2v) is 8.10. The van der Waals surface area contributed by atoms with Crippen LogP contribution in [-0.4, -0.2) is 43.2 Å². The van der Waals surface area contributed by atoms with Gasteiger partial charge in [-0.1, -0.05) is 34.8 Å². The Balaban J connectivity index is 2.19. The second kappa shape index (κ2) is 9.91. The molecule has 29 heavy (non-hydrogen) atoms. The monoisotopic (exact) mass is 460 g/mol. The van der Waals surface area contributed by atoms with Crippen LogP contribution in [-0.2, 0) is 4.74 Å². The maximum absolute atomic E-state index is 12.7. The zero-order valence-corrected chi connectivity index (χ0v) is 18.1. The lowest BCUT2D eigenvalue weighted by Crippen LogP contribution is -2.49. The van der Waals surface area contributed by atoms with Gasteiger partial charge in [0, 0.05) is 11.3 Å². The van der Waals surface area contributed by atoms with Crippen molar-refractivity contribution < 1.29 is 23.8 Å². The van der Waals surface area contributed by atoms with Crippen LogP contribution in [0.2, 0.25) is 0 Å². The molecule has 2 N–H and O–H groups in total. The highest BCUT2D eigenvalue weighted by atomic mass is 35.6. The molecule has 0 saturated heterocycles. The van der Waals surface area contributed by atoms with Gasteiger partial charge in [0.1, 0.15) is 6.17 Å². The standard InChI is InChI=1S/C19H19Cl3N2O5/c1-27-14-9-6-12(10-15(14)28-2)16(25)24-18(19(20,21)22)23-13-7-4-11(5-8-13)17(26)29-3/h4-10,18,23H,1-3H3,(H,24,25). The molecule has 0 bridgehead atoms. The molecule has 1 atom stereocenters. The number of rotatable bonds is 7. The van der Waals surface area contributed by atoms with Gasteiger partial charge in [-0.3, -0.25) is 4.79 Å². The molecule has 0 aliphatic heterocycles. The molecule has 0 fully saturated rings. The molecule has 0 aliphatic carbocycles. The topological polar surface area (TPSA) is 85.9 Å². The SMILES string of the molecule is COC(=O)c1ccc(NC(NC(=O)c2ccc(OC)c(OC)c2)C(Cl)(Cl)Cl)cc1. The lowest BCUT2D eigenvalue weighted by Gasteiger charge is -2.27. The number of methoxy groups -OCH3 is 3. The number of nitrogens with one attached hydrogen (secondary N) is 2. The Morgan fingerprint density at radius 2 is 1.48 bits per heavy atom. The van der Waals surface area contributed by atoms with Gasteiger partial charge < -0.3 is 24.8 Å². The Morgan fingerprint density at radius 3 is 2.00 bits per heavy atom.